The summed E-state index contributed by atoms with van der Waals surface area (Å²) < 4.78 is 33.9. The molecule has 2 aromatic carbocycles. The molecule has 1 heterocycles. The van der Waals surface area contributed by atoms with Crippen molar-refractivity contribution < 1.29 is 23.4 Å². The van der Waals surface area contributed by atoms with Crippen LogP contribution >= 0.6 is 0 Å². The third-order valence-corrected chi connectivity index (χ3v) is 6.68. The zero-order valence-electron chi connectivity index (χ0n) is 13.4. The number of aliphatic hydroxyl groups excluding tert-OH is 2. The molecule has 0 bridgehead atoms. The summed E-state index contributed by atoms with van der Waals surface area (Å²) in [5.74, 6) is 0.659. The molecule has 2 N–H and O–H groups in total. The number of nitrogens with zero attached hydrogens (tertiary/aromatic N) is 1. The largest absolute Gasteiger partial charge is 0.454 e. The van der Waals surface area contributed by atoms with Crippen LogP contribution in [0, 0.1) is 0 Å². The lowest BCUT2D eigenvalue weighted by atomic mass is 9.90. The summed E-state index contributed by atoms with van der Waals surface area (Å²) in [4.78, 5) is 0.0541. The average Bonchev–Trinajstić information content (AvgIpc) is 2.69. The van der Waals surface area contributed by atoms with Crippen LogP contribution in [0.5, 0.6) is 11.5 Å². The first-order valence-electron chi connectivity index (χ1n) is 8.26. The van der Waals surface area contributed by atoms with Gasteiger partial charge in [0.1, 0.15) is 16.7 Å². The summed E-state index contributed by atoms with van der Waals surface area (Å²) >= 11 is 0. The van der Waals surface area contributed by atoms with E-state index >= 15 is 0 Å². The Bertz CT molecular complexity index is 898. The minimum Gasteiger partial charge on any atom is -0.454 e. The van der Waals surface area contributed by atoms with Gasteiger partial charge in [0.15, 0.2) is 5.75 Å². The fraction of sp³-hybridized carbons (Fsp3) is 0.333. The molecule has 0 aromatic heterocycles. The molecule has 1 aliphatic carbocycles. The molecule has 1 aliphatic heterocycles. The highest BCUT2D eigenvalue weighted by Gasteiger charge is 2.43. The van der Waals surface area contributed by atoms with Gasteiger partial charge < -0.3 is 14.9 Å². The first kappa shape index (κ1) is 16.4. The fourth-order valence-corrected chi connectivity index (χ4v) is 5.40. The zero-order chi connectivity index (χ0) is 17.6. The van der Waals surface area contributed by atoms with Crippen LogP contribution in [0.2, 0.25) is 0 Å². The molecule has 1 fully saturated rings. The lowest BCUT2D eigenvalue weighted by molar-refractivity contribution is -0.0193. The average molecular weight is 361 g/mol. The van der Waals surface area contributed by atoms with Gasteiger partial charge in [-0.1, -0.05) is 24.3 Å². The van der Waals surface area contributed by atoms with Crippen LogP contribution in [-0.2, 0) is 10.0 Å². The lowest BCUT2D eigenvalue weighted by Gasteiger charge is -2.39. The molecule has 1 saturated carbocycles. The minimum atomic E-state index is -3.95. The van der Waals surface area contributed by atoms with Crippen LogP contribution in [0.15, 0.2) is 53.4 Å². The van der Waals surface area contributed by atoms with Gasteiger partial charge in [0.2, 0.25) is 0 Å². The molecule has 6 nitrogen and oxygen atoms in total. The topological polar surface area (TPSA) is 87.1 Å². The van der Waals surface area contributed by atoms with Crippen LogP contribution < -0.4 is 9.04 Å². The second-order valence-electron chi connectivity index (χ2n) is 6.37. The van der Waals surface area contributed by atoms with E-state index in [1.54, 1.807) is 42.5 Å². The highest BCUT2D eigenvalue weighted by atomic mass is 32.2. The molecular weight excluding hydrogens is 342 g/mol. The number of fused-ring (bicyclic) bond motifs is 2. The maximum Gasteiger partial charge on any atom is 0.268 e. The van der Waals surface area contributed by atoms with Gasteiger partial charge in [-0.3, -0.25) is 4.31 Å². The Hall–Kier alpha value is -2.09. The van der Waals surface area contributed by atoms with Crippen molar-refractivity contribution in [3.05, 3.63) is 48.5 Å². The molecule has 4 rings (SSSR count). The van der Waals surface area contributed by atoms with Gasteiger partial charge in [0.05, 0.1) is 17.8 Å². The molecule has 25 heavy (non-hydrogen) atoms. The third-order valence-electron chi connectivity index (χ3n) is 4.80. The molecule has 132 valence electrons. The number of hydrogen-bond donors (Lipinski definition) is 2. The van der Waals surface area contributed by atoms with E-state index in [2.05, 4.69) is 0 Å². The Morgan fingerprint density at radius 3 is 2.44 bits per heavy atom. The molecule has 0 amide bonds. The smallest absolute Gasteiger partial charge is 0.268 e. The number of anilines is 1. The van der Waals surface area contributed by atoms with Crippen LogP contribution in [0.1, 0.15) is 19.3 Å². The quantitative estimate of drug-likeness (QED) is 0.814. The Morgan fingerprint density at radius 1 is 0.960 bits per heavy atom. The van der Waals surface area contributed by atoms with E-state index < -0.39 is 28.3 Å². The molecule has 0 radical (unpaired) electrons. The van der Waals surface area contributed by atoms with E-state index in [4.69, 9.17) is 4.74 Å². The molecule has 0 saturated heterocycles. The SMILES string of the molecule is O=S1(=O)c2ccccc2Oc2ccccc2N1C1CCC[C@H](O)[C@@H]1O. The summed E-state index contributed by atoms with van der Waals surface area (Å²) in [7, 11) is -3.95. The van der Waals surface area contributed by atoms with Crippen LogP contribution in [0.25, 0.3) is 0 Å². The molecule has 3 atom stereocenters. The maximum atomic E-state index is 13.4. The summed E-state index contributed by atoms with van der Waals surface area (Å²) in [5.41, 5.74) is 0.372. The number of ether oxygens (including phenoxy) is 1. The molecule has 2 aromatic rings. The Balaban J connectivity index is 1.95. The predicted molar refractivity (Wildman–Crippen MR) is 92.3 cm³/mol. The zero-order valence-corrected chi connectivity index (χ0v) is 14.3. The maximum absolute atomic E-state index is 13.4. The minimum absolute atomic E-state index is 0.0541. The first-order chi connectivity index (χ1) is 12.0. The van der Waals surface area contributed by atoms with Crippen molar-refractivity contribution in [1.82, 2.24) is 0 Å². The normalized spacial score (nSPS) is 27.6. The number of benzene rings is 2. The monoisotopic (exact) mass is 361 g/mol. The van der Waals surface area contributed by atoms with Gasteiger partial charge in [0.25, 0.3) is 10.0 Å². The van der Waals surface area contributed by atoms with Gasteiger partial charge >= 0.3 is 0 Å². The second kappa shape index (κ2) is 6.01. The molecule has 1 unspecified atom stereocenters. The Labute approximate surface area is 146 Å². The van der Waals surface area contributed by atoms with E-state index in [0.29, 0.717) is 30.7 Å². The van der Waals surface area contributed by atoms with Crippen molar-refractivity contribution in [1.29, 1.82) is 0 Å². The van der Waals surface area contributed by atoms with Gasteiger partial charge in [-0.2, -0.15) is 0 Å². The van der Waals surface area contributed by atoms with Gasteiger partial charge in [-0.05, 0) is 43.5 Å². The summed E-state index contributed by atoms with van der Waals surface area (Å²) in [6.45, 7) is 0. The fourth-order valence-electron chi connectivity index (χ4n) is 3.57. The standard InChI is InChI=1S/C18H19NO5S/c20-14-8-5-7-13(18(14)21)19-12-6-1-2-9-15(12)24-16-10-3-4-11-17(16)25(19,22)23/h1-4,6,9-11,13-14,18,20-21H,5,7-8H2/t13?,14-,18+/m0/s1. The van der Waals surface area contributed by atoms with Crippen LogP contribution in [-0.4, -0.2) is 36.9 Å². The molecular formula is C18H19NO5S. The van der Waals surface area contributed by atoms with Crippen molar-refractivity contribution in [2.24, 2.45) is 0 Å². The lowest BCUT2D eigenvalue weighted by Crippen LogP contribution is -2.53. The highest BCUT2D eigenvalue weighted by Crippen LogP contribution is 2.45. The van der Waals surface area contributed by atoms with E-state index in [1.807, 2.05) is 0 Å². The number of aliphatic hydroxyl groups is 2. The number of rotatable bonds is 1. The first-order valence-corrected chi connectivity index (χ1v) is 9.70. The molecule has 7 heteroatoms. The summed E-state index contributed by atoms with van der Waals surface area (Å²) in [5, 5.41) is 20.6. The van der Waals surface area contributed by atoms with E-state index in [-0.39, 0.29) is 10.6 Å². The van der Waals surface area contributed by atoms with E-state index in [0.717, 1.165) is 0 Å². The Kier molecular flexibility index (Phi) is 3.94. The molecule has 0 spiro atoms. The van der Waals surface area contributed by atoms with Gasteiger partial charge in [-0.25, -0.2) is 8.42 Å². The number of para-hydroxylation sites is 3. The van der Waals surface area contributed by atoms with Crippen LogP contribution in [0.4, 0.5) is 5.69 Å². The van der Waals surface area contributed by atoms with Crippen LogP contribution in [0.3, 0.4) is 0 Å². The molecule has 2 aliphatic rings. The number of hydrogen-bond acceptors (Lipinski definition) is 5. The van der Waals surface area contributed by atoms with Crippen molar-refractivity contribution in [3.63, 3.8) is 0 Å². The van der Waals surface area contributed by atoms with Crippen molar-refractivity contribution in [2.45, 2.75) is 42.4 Å². The van der Waals surface area contributed by atoms with Crippen molar-refractivity contribution in [3.8, 4) is 11.5 Å². The van der Waals surface area contributed by atoms with E-state index in [9.17, 15) is 18.6 Å². The van der Waals surface area contributed by atoms with Gasteiger partial charge in [-0.15, -0.1) is 0 Å². The van der Waals surface area contributed by atoms with Crippen molar-refractivity contribution in [2.75, 3.05) is 4.31 Å². The highest BCUT2D eigenvalue weighted by molar-refractivity contribution is 7.93. The second-order valence-corrected chi connectivity index (χ2v) is 8.16. The summed E-state index contributed by atoms with van der Waals surface area (Å²) in [6.07, 6.45) is -0.532. The summed E-state index contributed by atoms with van der Waals surface area (Å²) in [6, 6.07) is 12.6. The van der Waals surface area contributed by atoms with Crippen molar-refractivity contribution >= 4 is 15.7 Å². The van der Waals surface area contributed by atoms with E-state index in [1.165, 1.54) is 10.4 Å². The third kappa shape index (κ3) is 2.59. The predicted octanol–water partition coefficient (Wildman–Crippen LogP) is 2.26. The van der Waals surface area contributed by atoms with Gasteiger partial charge in [0, 0.05) is 0 Å². The number of sulfonamides is 1. The Morgan fingerprint density at radius 2 is 1.64 bits per heavy atom.